The van der Waals surface area contributed by atoms with Crippen molar-refractivity contribution in [2.24, 2.45) is 0 Å². The normalized spacial score (nSPS) is 18.8. The lowest BCUT2D eigenvalue weighted by molar-refractivity contribution is 0.0386. The third-order valence-electron chi connectivity index (χ3n) is 2.93. The Hall–Kier alpha value is -1.07. The quantitative estimate of drug-likeness (QED) is 0.686. The van der Waals surface area contributed by atoms with Crippen LogP contribution in [0.2, 0.25) is 0 Å². The molecule has 1 unspecified atom stereocenters. The van der Waals surface area contributed by atoms with E-state index in [1.165, 1.54) is 0 Å². The number of nitrogen functional groups attached to an aromatic ring is 1. The molecule has 1 saturated heterocycles. The van der Waals surface area contributed by atoms with Crippen molar-refractivity contribution in [2.45, 2.75) is 25.4 Å². The van der Waals surface area contributed by atoms with Crippen LogP contribution in [0.1, 0.15) is 29.6 Å². The van der Waals surface area contributed by atoms with Gasteiger partial charge in [0.05, 0.1) is 18.3 Å². The van der Waals surface area contributed by atoms with Crippen LogP contribution >= 0.6 is 15.9 Å². The maximum absolute atomic E-state index is 11.7. The van der Waals surface area contributed by atoms with Crippen LogP contribution in [0.25, 0.3) is 0 Å². The number of rotatable bonds is 4. The predicted molar refractivity (Wildman–Crippen MR) is 72.4 cm³/mol. The predicted octanol–water partition coefficient (Wildman–Crippen LogP) is 2.76. The van der Waals surface area contributed by atoms with Crippen molar-refractivity contribution in [3.63, 3.8) is 0 Å². The van der Waals surface area contributed by atoms with E-state index in [0.29, 0.717) is 17.9 Å². The summed E-state index contributed by atoms with van der Waals surface area (Å²) >= 11 is 3.28. The second kappa shape index (κ2) is 6.20. The Morgan fingerprint density at radius 1 is 1.56 bits per heavy atom. The molecule has 0 bridgehead atoms. The Bertz CT molecular complexity index is 430. The SMILES string of the molecule is Nc1cc(C(=O)OCCC2CCCO2)ccc1Br. The van der Waals surface area contributed by atoms with Crippen molar-refractivity contribution in [3.05, 3.63) is 28.2 Å². The minimum atomic E-state index is -0.341. The zero-order valence-electron chi connectivity index (χ0n) is 10.0. The summed E-state index contributed by atoms with van der Waals surface area (Å²) in [6, 6.07) is 5.04. The molecule has 1 aromatic rings. The molecule has 2 rings (SSSR count). The number of benzene rings is 1. The monoisotopic (exact) mass is 313 g/mol. The van der Waals surface area contributed by atoms with E-state index < -0.39 is 0 Å². The molecule has 0 amide bonds. The first kappa shape index (κ1) is 13.4. The summed E-state index contributed by atoms with van der Waals surface area (Å²) < 4.78 is 11.4. The molecule has 1 heterocycles. The number of carbonyl (C=O) groups is 1. The van der Waals surface area contributed by atoms with Crippen LogP contribution in [0, 0.1) is 0 Å². The number of anilines is 1. The fourth-order valence-corrected chi connectivity index (χ4v) is 2.16. The highest BCUT2D eigenvalue weighted by Crippen LogP contribution is 2.21. The summed E-state index contributed by atoms with van der Waals surface area (Å²) in [5, 5.41) is 0. The molecule has 98 valence electrons. The average Bonchev–Trinajstić information content (AvgIpc) is 2.85. The van der Waals surface area contributed by atoms with Crippen molar-refractivity contribution >= 4 is 27.6 Å². The first-order chi connectivity index (χ1) is 8.66. The van der Waals surface area contributed by atoms with E-state index >= 15 is 0 Å². The Morgan fingerprint density at radius 3 is 3.06 bits per heavy atom. The lowest BCUT2D eigenvalue weighted by Gasteiger charge is -2.10. The van der Waals surface area contributed by atoms with Gasteiger partial charge in [-0.3, -0.25) is 0 Å². The standard InChI is InChI=1S/C13H16BrNO3/c14-11-4-3-9(8-12(11)15)13(16)18-7-5-10-2-1-6-17-10/h3-4,8,10H,1-2,5-7,15H2. The molecule has 4 nitrogen and oxygen atoms in total. The van der Waals surface area contributed by atoms with Gasteiger partial charge in [0, 0.05) is 23.2 Å². The third-order valence-corrected chi connectivity index (χ3v) is 3.65. The van der Waals surface area contributed by atoms with Crippen LogP contribution in [0.15, 0.2) is 22.7 Å². The van der Waals surface area contributed by atoms with Crippen LogP contribution < -0.4 is 5.73 Å². The highest BCUT2D eigenvalue weighted by Gasteiger charge is 2.16. The third kappa shape index (κ3) is 3.46. The molecule has 1 atom stereocenters. The van der Waals surface area contributed by atoms with Gasteiger partial charge in [-0.15, -0.1) is 0 Å². The second-order valence-corrected chi connectivity index (χ2v) is 5.15. The second-order valence-electron chi connectivity index (χ2n) is 4.30. The van der Waals surface area contributed by atoms with Crippen LogP contribution in [0.3, 0.4) is 0 Å². The number of nitrogens with two attached hydrogens (primary N) is 1. The summed E-state index contributed by atoms with van der Waals surface area (Å²) in [4.78, 5) is 11.7. The molecular weight excluding hydrogens is 298 g/mol. The minimum absolute atomic E-state index is 0.243. The van der Waals surface area contributed by atoms with Gasteiger partial charge in [-0.05, 0) is 47.0 Å². The maximum atomic E-state index is 11.7. The van der Waals surface area contributed by atoms with Gasteiger partial charge in [0.2, 0.25) is 0 Å². The number of hydrogen-bond acceptors (Lipinski definition) is 4. The fraction of sp³-hybridized carbons (Fsp3) is 0.462. The lowest BCUT2D eigenvalue weighted by Crippen LogP contribution is -2.13. The van der Waals surface area contributed by atoms with Crippen LogP contribution in [0.5, 0.6) is 0 Å². The number of hydrogen-bond donors (Lipinski definition) is 1. The highest BCUT2D eigenvalue weighted by molar-refractivity contribution is 9.10. The van der Waals surface area contributed by atoms with E-state index in [9.17, 15) is 4.79 Å². The lowest BCUT2D eigenvalue weighted by atomic mass is 10.2. The zero-order chi connectivity index (χ0) is 13.0. The molecule has 1 aliphatic rings. The summed E-state index contributed by atoms with van der Waals surface area (Å²) in [7, 11) is 0. The molecule has 0 radical (unpaired) electrons. The van der Waals surface area contributed by atoms with E-state index in [2.05, 4.69) is 15.9 Å². The van der Waals surface area contributed by atoms with Crippen molar-refractivity contribution in [1.29, 1.82) is 0 Å². The number of carbonyl (C=O) groups excluding carboxylic acids is 1. The Labute approximate surface area is 115 Å². The Balaban J connectivity index is 1.81. The van der Waals surface area contributed by atoms with Crippen molar-refractivity contribution in [3.8, 4) is 0 Å². The molecule has 2 N–H and O–H groups in total. The van der Waals surface area contributed by atoms with Gasteiger partial charge in [0.15, 0.2) is 0 Å². The average molecular weight is 314 g/mol. The summed E-state index contributed by atoms with van der Waals surface area (Å²) in [5.74, 6) is -0.341. The van der Waals surface area contributed by atoms with Crippen molar-refractivity contribution in [1.82, 2.24) is 0 Å². The van der Waals surface area contributed by atoms with Crippen LogP contribution in [-0.2, 0) is 9.47 Å². The molecule has 0 spiro atoms. The summed E-state index contributed by atoms with van der Waals surface area (Å²) in [6.45, 7) is 1.21. The van der Waals surface area contributed by atoms with Gasteiger partial charge in [0.1, 0.15) is 0 Å². The smallest absolute Gasteiger partial charge is 0.338 e. The van der Waals surface area contributed by atoms with Gasteiger partial charge in [-0.2, -0.15) is 0 Å². The summed E-state index contributed by atoms with van der Waals surface area (Å²) in [5.41, 5.74) is 6.72. The van der Waals surface area contributed by atoms with E-state index in [0.717, 1.165) is 30.3 Å². The first-order valence-corrected chi connectivity index (χ1v) is 6.80. The Morgan fingerprint density at radius 2 is 2.39 bits per heavy atom. The molecule has 5 heteroatoms. The summed E-state index contributed by atoms with van der Waals surface area (Å²) in [6.07, 6.45) is 3.16. The van der Waals surface area contributed by atoms with Gasteiger partial charge in [0.25, 0.3) is 0 Å². The minimum Gasteiger partial charge on any atom is -0.462 e. The maximum Gasteiger partial charge on any atom is 0.338 e. The van der Waals surface area contributed by atoms with Crippen molar-refractivity contribution in [2.75, 3.05) is 18.9 Å². The van der Waals surface area contributed by atoms with E-state index in [1.807, 2.05) is 0 Å². The molecule has 18 heavy (non-hydrogen) atoms. The molecular formula is C13H16BrNO3. The van der Waals surface area contributed by atoms with Crippen LogP contribution in [-0.4, -0.2) is 25.3 Å². The molecule has 1 aliphatic heterocycles. The van der Waals surface area contributed by atoms with Crippen LogP contribution in [0.4, 0.5) is 5.69 Å². The zero-order valence-corrected chi connectivity index (χ0v) is 11.6. The topological polar surface area (TPSA) is 61.6 Å². The fourth-order valence-electron chi connectivity index (χ4n) is 1.91. The van der Waals surface area contributed by atoms with E-state index in [4.69, 9.17) is 15.2 Å². The van der Waals surface area contributed by atoms with Crippen molar-refractivity contribution < 1.29 is 14.3 Å². The Kier molecular flexibility index (Phi) is 4.60. The van der Waals surface area contributed by atoms with E-state index in [-0.39, 0.29) is 12.1 Å². The van der Waals surface area contributed by atoms with Gasteiger partial charge in [-0.25, -0.2) is 4.79 Å². The molecule has 0 aromatic heterocycles. The largest absolute Gasteiger partial charge is 0.462 e. The first-order valence-electron chi connectivity index (χ1n) is 6.00. The molecule has 1 fully saturated rings. The number of halogens is 1. The highest BCUT2D eigenvalue weighted by atomic mass is 79.9. The van der Waals surface area contributed by atoms with Gasteiger partial charge >= 0.3 is 5.97 Å². The molecule has 1 aromatic carbocycles. The van der Waals surface area contributed by atoms with Gasteiger partial charge < -0.3 is 15.2 Å². The number of ether oxygens (including phenoxy) is 2. The molecule has 0 aliphatic carbocycles. The molecule has 0 saturated carbocycles. The number of esters is 1. The van der Waals surface area contributed by atoms with Gasteiger partial charge in [-0.1, -0.05) is 0 Å². The van der Waals surface area contributed by atoms with E-state index in [1.54, 1.807) is 18.2 Å².